The van der Waals surface area contributed by atoms with Crippen molar-refractivity contribution in [2.75, 3.05) is 62.2 Å². The minimum atomic E-state index is 0.266. The van der Waals surface area contributed by atoms with Gasteiger partial charge in [0, 0.05) is 76.2 Å². The second kappa shape index (κ2) is 8.83. The van der Waals surface area contributed by atoms with Crippen molar-refractivity contribution in [3.63, 3.8) is 0 Å². The van der Waals surface area contributed by atoms with E-state index in [1.807, 2.05) is 4.90 Å². The SMILES string of the molecule is CC(C)CN1CCN(C2CCN(c3ccc(N4CCCC4=O)cc3)CC2)CC1. The Kier molecular flexibility index (Phi) is 6.22. The normalized spacial score (nSPS) is 23.2. The molecule has 0 spiro atoms. The van der Waals surface area contributed by atoms with Crippen LogP contribution in [-0.2, 0) is 4.79 Å². The van der Waals surface area contributed by atoms with Gasteiger partial charge in [0.05, 0.1) is 0 Å². The fourth-order valence-corrected chi connectivity index (χ4v) is 5.08. The number of carbonyl (C=O) groups excluding carboxylic acids is 1. The van der Waals surface area contributed by atoms with E-state index < -0.39 is 0 Å². The third kappa shape index (κ3) is 4.52. The summed E-state index contributed by atoms with van der Waals surface area (Å²) in [5.41, 5.74) is 2.36. The number of anilines is 2. The molecular formula is C23H36N4O. The predicted molar refractivity (Wildman–Crippen MR) is 116 cm³/mol. The van der Waals surface area contributed by atoms with Gasteiger partial charge in [-0.3, -0.25) is 9.69 Å². The predicted octanol–water partition coefficient (Wildman–Crippen LogP) is 3.06. The van der Waals surface area contributed by atoms with E-state index in [1.54, 1.807) is 0 Å². The summed E-state index contributed by atoms with van der Waals surface area (Å²) in [4.78, 5) is 21.7. The monoisotopic (exact) mass is 384 g/mol. The van der Waals surface area contributed by atoms with E-state index in [1.165, 1.54) is 51.3 Å². The molecule has 0 atom stereocenters. The van der Waals surface area contributed by atoms with Crippen molar-refractivity contribution in [3.8, 4) is 0 Å². The van der Waals surface area contributed by atoms with Crippen LogP contribution in [0.3, 0.4) is 0 Å². The van der Waals surface area contributed by atoms with Crippen molar-refractivity contribution in [3.05, 3.63) is 24.3 Å². The minimum absolute atomic E-state index is 0.266. The summed E-state index contributed by atoms with van der Waals surface area (Å²) in [6, 6.07) is 9.40. The van der Waals surface area contributed by atoms with Gasteiger partial charge in [-0.15, -0.1) is 0 Å². The molecule has 3 fully saturated rings. The number of carbonyl (C=O) groups is 1. The average molecular weight is 385 g/mol. The van der Waals surface area contributed by atoms with E-state index in [9.17, 15) is 4.79 Å². The van der Waals surface area contributed by atoms with Gasteiger partial charge in [0.15, 0.2) is 0 Å². The highest BCUT2D eigenvalue weighted by atomic mass is 16.2. The molecule has 0 saturated carbocycles. The molecule has 1 aromatic carbocycles. The van der Waals surface area contributed by atoms with Gasteiger partial charge in [-0.05, 0) is 49.4 Å². The van der Waals surface area contributed by atoms with Crippen molar-refractivity contribution in [2.24, 2.45) is 5.92 Å². The van der Waals surface area contributed by atoms with Gasteiger partial charge >= 0.3 is 0 Å². The van der Waals surface area contributed by atoms with Crippen LogP contribution in [0.2, 0.25) is 0 Å². The fraction of sp³-hybridized carbons (Fsp3) is 0.696. The van der Waals surface area contributed by atoms with Crippen molar-refractivity contribution in [2.45, 2.75) is 45.6 Å². The van der Waals surface area contributed by atoms with Crippen LogP contribution in [-0.4, -0.2) is 74.1 Å². The highest BCUT2D eigenvalue weighted by molar-refractivity contribution is 5.95. The topological polar surface area (TPSA) is 30.0 Å². The van der Waals surface area contributed by atoms with Crippen LogP contribution in [0.4, 0.5) is 11.4 Å². The molecule has 1 aromatic rings. The van der Waals surface area contributed by atoms with E-state index >= 15 is 0 Å². The smallest absolute Gasteiger partial charge is 0.227 e. The summed E-state index contributed by atoms with van der Waals surface area (Å²) in [5.74, 6) is 1.03. The number of amides is 1. The van der Waals surface area contributed by atoms with Crippen LogP contribution in [0.1, 0.15) is 39.5 Å². The lowest BCUT2D eigenvalue weighted by Crippen LogP contribution is -2.53. The molecule has 28 heavy (non-hydrogen) atoms. The third-order valence-electron chi connectivity index (χ3n) is 6.61. The van der Waals surface area contributed by atoms with Gasteiger partial charge in [0.2, 0.25) is 5.91 Å². The van der Waals surface area contributed by atoms with Gasteiger partial charge in [-0.1, -0.05) is 13.8 Å². The maximum Gasteiger partial charge on any atom is 0.227 e. The summed E-state index contributed by atoms with van der Waals surface area (Å²) in [7, 11) is 0. The van der Waals surface area contributed by atoms with E-state index in [2.05, 4.69) is 52.8 Å². The molecule has 3 aliphatic rings. The van der Waals surface area contributed by atoms with Crippen molar-refractivity contribution in [1.82, 2.24) is 9.80 Å². The number of piperazine rings is 1. The lowest BCUT2D eigenvalue weighted by atomic mass is 10.0. The largest absolute Gasteiger partial charge is 0.371 e. The second-order valence-electron chi connectivity index (χ2n) is 9.11. The van der Waals surface area contributed by atoms with Crippen LogP contribution in [0.15, 0.2) is 24.3 Å². The molecule has 0 aliphatic carbocycles. The summed E-state index contributed by atoms with van der Waals surface area (Å²) in [6.07, 6.45) is 4.20. The fourth-order valence-electron chi connectivity index (χ4n) is 5.08. The van der Waals surface area contributed by atoms with Crippen molar-refractivity contribution in [1.29, 1.82) is 0 Å². The van der Waals surface area contributed by atoms with Crippen LogP contribution < -0.4 is 9.80 Å². The Morgan fingerprint density at radius 1 is 0.893 bits per heavy atom. The number of nitrogens with zero attached hydrogens (tertiary/aromatic N) is 4. The third-order valence-corrected chi connectivity index (χ3v) is 6.61. The van der Waals surface area contributed by atoms with Gasteiger partial charge < -0.3 is 14.7 Å². The number of hydrogen-bond acceptors (Lipinski definition) is 4. The first-order chi connectivity index (χ1) is 13.6. The Morgan fingerprint density at radius 3 is 2.11 bits per heavy atom. The first-order valence-electron chi connectivity index (χ1n) is 11.2. The number of benzene rings is 1. The Morgan fingerprint density at radius 2 is 1.54 bits per heavy atom. The quantitative estimate of drug-likeness (QED) is 0.781. The van der Waals surface area contributed by atoms with E-state index in [0.29, 0.717) is 6.42 Å². The molecule has 3 heterocycles. The maximum absolute atomic E-state index is 11.9. The highest BCUT2D eigenvalue weighted by Gasteiger charge is 2.28. The Bertz CT molecular complexity index is 643. The molecule has 0 N–H and O–H groups in total. The van der Waals surface area contributed by atoms with Gasteiger partial charge in [0.1, 0.15) is 0 Å². The molecule has 4 rings (SSSR count). The number of rotatable bonds is 5. The van der Waals surface area contributed by atoms with Crippen LogP contribution in [0.5, 0.6) is 0 Å². The van der Waals surface area contributed by atoms with Gasteiger partial charge in [-0.2, -0.15) is 0 Å². The lowest BCUT2D eigenvalue weighted by molar-refractivity contribution is -0.117. The van der Waals surface area contributed by atoms with Crippen LogP contribution in [0, 0.1) is 5.92 Å². The molecule has 0 bridgehead atoms. The number of piperidine rings is 1. The number of hydrogen-bond donors (Lipinski definition) is 0. The van der Waals surface area contributed by atoms with Crippen molar-refractivity contribution < 1.29 is 4.79 Å². The zero-order chi connectivity index (χ0) is 19.5. The second-order valence-corrected chi connectivity index (χ2v) is 9.11. The van der Waals surface area contributed by atoms with E-state index in [-0.39, 0.29) is 5.91 Å². The molecule has 3 saturated heterocycles. The summed E-state index contributed by atoms with van der Waals surface area (Å²) >= 11 is 0. The molecule has 0 unspecified atom stereocenters. The molecule has 5 nitrogen and oxygen atoms in total. The van der Waals surface area contributed by atoms with Gasteiger partial charge in [-0.25, -0.2) is 0 Å². The molecule has 5 heteroatoms. The van der Waals surface area contributed by atoms with Crippen LogP contribution >= 0.6 is 0 Å². The van der Waals surface area contributed by atoms with E-state index in [4.69, 9.17) is 0 Å². The lowest BCUT2D eigenvalue weighted by Gasteiger charge is -2.43. The zero-order valence-electron chi connectivity index (χ0n) is 17.6. The van der Waals surface area contributed by atoms with E-state index in [0.717, 1.165) is 43.7 Å². The molecule has 3 aliphatic heterocycles. The molecular weight excluding hydrogens is 348 g/mol. The molecule has 0 radical (unpaired) electrons. The highest BCUT2D eigenvalue weighted by Crippen LogP contribution is 2.27. The van der Waals surface area contributed by atoms with Crippen molar-refractivity contribution >= 4 is 17.3 Å². The van der Waals surface area contributed by atoms with Crippen LogP contribution in [0.25, 0.3) is 0 Å². The Balaban J connectivity index is 1.26. The first-order valence-corrected chi connectivity index (χ1v) is 11.2. The summed E-state index contributed by atoms with van der Waals surface area (Å²) < 4.78 is 0. The summed E-state index contributed by atoms with van der Waals surface area (Å²) in [5, 5.41) is 0. The first kappa shape index (κ1) is 19.7. The maximum atomic E-state index is 11.9. The Hall–Kier alpha value is -1.59. The minimum Gasteiger partial charge on any atom is -0.371 e. The molecule has 1 amide bonds. The average Bonchev–Trinajstić information content (AvgIpc) is 3.14. The zero-order valence-corrected chi connectivity index (χ0v) is 17.6. The summed E-state index contributed by atoms with van der Waals surface area (Å²) in [6.45, 7) is 13.9. The van der Waals surface area contributed by atoms with Gasteiger partial charge in [0.25, 0.3) is 0 Å². The Labute approximate surface area is 170 Å². The molecule has 154 valence electrons. The molecule has 0 aromatic heterocycles. The standard InChI is InChI=1S/C23H36N4O/c1-19(2)18-24-14-16-26(17-15-24)21-9-12-25(13-10-21)20-5-7-22(8-6-20)27-11-3-4-23(27)28/h5-8,19,21H,3-4,9-18H2,1-2H3.